The van der Waals surface area contributed by atoms with Gasteiger partial charge >= 0.3 is 0 Å². The molecule has 94 valence electrons. The van der Waals surface area contributed by atoms with Crippen molar-refractivity contribution in [3.05, 3.63) is 35.4 Å². The van der Waals surface area contributed by atoms with Crippen molar-refractivity contribution in [1.29, 1.82) is 0 Å². The summed E-state index contributed by atoms with van der Waals surface area (Å²) < 4.78 is 0. The van der Waals surface area contributed by atoms with E-state index in [1.165, 1.54) is 11.1 Å². The zero-order valence-electron chi connectivity index (χ0n) is 10.4. The monoisotopic (exact) mass is 252 g/mol. The molecule has 3 nitrogen and oxygen atoms in total. The van der Waals surface area contributed by atoms with Crippen LogP contribution in [0.2, 0.25) is 0 Å². The van der Waals surface area contributed by atoms with E-state index in [1.807, 2.05) is 0 Å². The van der Waals surface area contributed by atoms with Gasteiger partial charge in [-0.25, -0.2) is 5.06 Å². The largest absolute Gasteiger partial charge is 0.374 e. The first kappa shape index (κ1) is 13.9. The molecular weight excluding hydrogens is 232 g/mol. The van der Waals surface area contributed by atoms with Gasteiger partial charge in [0, 0.05) is 0 Å². The lowest BCUT2D eigenvalue weighted by Gasteiger charge is -2.14. The summed E-state index contributed by atoms with van der Waals surface area (Å²) in [6.07, 6.45) is 1.83. The van der Waals surface area contributed by atoms with E-state index in [1.54, 1.807) is 0 Å². The molecule has 0 atom stereocenters. The van der Waals surface area contributed by atoms with Gasteiger partial charge in [-0.15, -0.1) is 0 Å². The van der Waals surface area contributed by atoms with Crippen LogP contribution in [0.3, 0.4) is 0 Å². The molecule has 1 rings (SSSR count). The molecule has 0 aliphatic rings. The summed E-state index contributed by atoms with van der Waals surface area (Å²) in [5.74, 6) is 0.670. The molecule has 1 aromatic carbocycles. The number of rotatable bonds is 5. The maximum absolute atomic E-state index is 9.33. The number of hydrogen-bond acceptors (Lipinski definition) is 2. The van der Waals surface area contributed by atoms with Crippen LogP contribution >= 0.6 is 12.2 Å². The molecule has 0 aliphatic carbocycles. The van der Waals surface area contributed by atoms with Gasteiger partial charge in [0.05, 0.1) is 6.54 Å². The van der Waals surface area contributed by atoms with E-state index >= 15 is 0 Å². The number of nitrogens with zero attached hydrogens (tertiary/aromatic N) is 1. The standard InChI is InChI=1S/C13H20N2OS/c1-10(2)9-12-5-3-11(4-6-12)7-8-15(16)13(14)17/h3-6,10,16H,7-9H2,1-2H3,(H2,14,17). The van der Waals surface area contributed by atoms with Crippen molar-refractivity contribution in [1.82, 2.24) is 5.06 Å². The quantitative estimate of drug-likeness (QED) is 0.624. The minimum absolute atomic E-state index is 0.0152. The maximum atomic E-state index is 9.33. The number of benzene rings is 1. The molecule has 0 fully saturated rings. The highest BCUT2D eigenvalue weighted by atomic mass is 32.1. The average molecular weight is 252 g/mol. The van der Waals surface area contributed by atoms with Crippen LogP contribution in [0.4, 0.5) is 0 Å². The summed E-state index contributed by atoms with van der Waals surface area (Å²) in [4.78, 5) is 0. The van der Waals surface area contributed by atoms with Crippen LogP contribution in [-0.4, -0.2) is 21.9 Å². The van der Waals surface area contributed by atoms with Crippen molar-refractivity contribution in [2.45, 2.75) is 26.7 Å². The predicted molar refractivity (Wildman–Crippen MR) is 74.0 cm³/mol. The Balaban J connectivity index is 2.48. The first-order valence-corrected chi connectivity index (χ1v) is 6.23. The summed E-state index contributed by atoms with van der Waals surface area (Å²) in [6, 6.07) is 8.45. The van der Waals surface area contributed by atoms with Crippen molar-refractivity contribution in [2.75, 3.05) is 6.54 Å². The number of nitrogens with two attached hydrogens (primary N) is 1. The second-order valence-electron chi connectivity index (χ2n) is 4.63. The lowest BCUT2D eigenvalue weighted by Crippen LogP contribution is -2.33. The maximum Gasteiger partial charge on any atom is 0.190 e. The fraction of sp³-hybridized carbons (Fsp3) is 0.462. The second-order valence-corrected chi connectivity index (χ2v) is 5.04. The van der Waals surface area contributed by atoms with E-state index in [0.717, 1.165) is 17.9 Å². The van der Waals surface area contributed by atoms with Crippen molar-refractivity contribution in [2.24, 2.45) is 11.7 Å². The third kappa shape index (κ3) is 5.15. The zero-order chi connectivity index (χ0) is 12.8. The summed E-state index contributed by atoms with van der Waals surface area (Å²) in [6.45, 7) is 4.85. The first-order valence-electron chi connectivity index (χ1n) is 5.82. The van der Waals surface area contributed by atoms with E-state index in [-0.39, 0.29) is 5.11 Å². The summed E-state index contributed by atoms with van der Waals surface area (Å²) in [5.41, 5.74) is 7.81. The summed E-state index contributed by atoms with van der Waals surface area (Å²) >= 11 is 4.66. The molecule has 0 amide bonds. The van der Waals surface area contributed by atoms with Crippen molar-refractivity contribution >= 4 is 17.3 Å². The van der Waals surface area contributed by atoms with Gasteiger partial charge in [0.1, 0.15) is 0 Å². The Bertz CT molecular complexity index is 362. The van der Waals surface area contributed by atoms with Gasteiger partial charge in [-0.1, -0.05) is 38.1 Å². The van der Waals surface area contributed by atoms with Gasteiger partial charge in [0.15, 0.2) is 5.11 Å². The minimum Gasteiger partial charge on any atom is -0.374 e. The van der Waals surface area contributed by atoms with Gasteiger partial charge in [-0.3, -0.25) is 5.21 Å². The molecule has 0 heterocycles. The molecule has 17 heavy (non-hydrogen) atoms. The third-order valence-electron chi connectivity index (χ3n) is 2.53. The SMILES string of the molecule is CC(C)Cc1ccc(CCN(O)C(N)=S)cc1. The van der Waals surface area contributed by atoms with Crippen LogP contribution in [0.1, 0.15) is 25.0 Å². The molecule has 0 bridgehead atoms. The Morgan fingerprint density at radius 1 is 1.29 bits per heavy atom. The molecule has 1 aromatic rings. The lowest BCUT2D eigenvalue weighted by molar-refractivity contribution is -0.0117. The first-order chi connectivity index (χ1) is 7.99. The van der Waals surface area contributed by atoms with Gasteiger partial charge in [-0.2, -0.15) is 0 Å². The number of hydrogen-bond donors (Lipinski definition) is 2. The Labute approximate surface area is 108 Å². The van der Waals surface area contributed by atoms with Gasteiger partial charge < -0.3 is 5.73 Å². The molecular formula is C13H20N2OS. The highest BCUT2D eigenvalue weighted by Gasteiger charge is 2.03. The average Bonchev–Trinajstić information content (AvgIpc) is 2.26. The molecule has 0 unspecified atom stereocenters. The van der Waals surface area contributed by atoms with E-state index < -0.39 is 0 Å². The zero-order valence-corrected chi connectivity index (χ0v) is 11.2. The molecule has 0 saturated carbocycles. The molecule has 0 aromatic heterocycles. The smallest absolute Gasteiger partial charge is 0.190 e. The Hall–Kier alpha value is -1.13. The topological polar surface area (TPSA) is 49.5 Å². The van der Waals surface area contributed by atoms with Crippen LogP contribution in [0.15, 0.2) is 24.3 Å². The van der Waals surface area contributed by atoms with E-state index in [4.69, 9.17) is 5.73 Å². The molecule has 0 aliphatic heterocycles. The number of hydroxylamine groups is 2. The molecule has 0 spiro atoms. The van der Waals surface area contributed by atoms with Gasteiger partial charge in [0.25, 0.3) is 0 Å². The predicted octanol–water partition coefficient (Wildman–Crippen LogP) is 2.36. The molecule has 0 saturated heterocycles. The van der Waals surface area contributed by atoms with Crippen LogP contribution < -0.4 is 5.73 Å². The van der Waals surface area contributed by atoms with E-state index in [0.29, 0.717) is 12.5 Å². The Morgan fingerprint density at radius 3 is 2.29 bits per heavy atom. The van der Waals surface area contributed by atoms with Crippen molar-refractivity contribution in [3.8, 4) is 0 Å². The lowest BCUT2D eigenvalue weighted by atomic mass is 10.0. The van der Waals surface area contributed by atoms with Crippen molar-refractivity contribution in [3.63, 3.8) is 0 Å². The number of thiocarbonyl (C=S) groups is 1. The fourth-order valence-corrected chi connectivity index (χ4v) is 1.75. The highest BCUT2D eigenvalue weighted by molar-refractivity contribution is 7.80. The normalized spacial score (nSPS) is 10.6. The Kier molecular flexibility index (Phi) is 5.38. The third-order valence-corrected chi connectivity index (χ3v) is 2.74. The van der Waals surface area contributed by atoms with Crippen LogP contribution in [0, 0.1) is 5.92 Å². The van der Waals surface area contributed by atoms with Gasteiger partial charge in [0.2, 0.25) is 0 Å². The molecule has 4 heteroatoms. The van der Waals surface area contributed by atoms with E-state index in [2.05, 4.69) is 50.3 Å². The van der Waals surface area contributed by atoms with E-state index in [9.17, 15) is 5.21 Å². The summed E-state index contributed by atoms with van der Waals surface area (Å²) in [5, 5.41) is 10.2. The van der Waals surface area contributed by atoms with Crippen LogP contribution in [0.25, 0.3) is 0 Å². The van der Waals surface area contributed by atoms with Crippen molar-refractivity contribution < 1.29 is 5.21 Å². The fourth-order valence-electron chi connectivity index (χ4n) is 1.66. The summed E-state index contributed by atoms with van der Waals surface area (Å²) in [7, 11) is 0. The molecule has 3 N–H and O–H groups in total. The van der Waals surface area contributed by atoms with Crippen LogP contribution in [-0.2, 0) is 12.8 Å². The highest BCUT2D eigenvalue weighted by Crippen LogP contribution is 2.10. The van der Waals surface area contributed by atoms with Gasteiger partial charge in [-0.05, 0) is 42.1 Å². The van der Waals surface area contributed by atoms with Crippen LogP contribution in [0.5, 0.6) is 0 Å². The second kappa shape index (κ2) is 6.57. The Morgan fingerprint density at radius 2 is 1.82 bits per heavy atom. The molecule has 0 radical (unpaired) electrons. The minimum atomic E-state index is 0.0152.